The van der Waals surface area contributed by atoms with Crippen molar-refractivity contribution in [2.45, 2.75) is 39.5 Å². The topological polar surface area (TPSA) is 81.9 Å². The van der Waals surface area contributed by atoms with Gasteiger partial charge in [-0.25, -0.2) is 9.97 Å². The van der Waals surface area contributed by atoms with Crippen LogP contribution in [0.15, 0.2) is 41.7 Å². The zero-order valence-electron chi connectivity index (χ0n) is 15.8. The summed E-state index contributed by atoms with van der Waals surface area (Å²) in [6.45, 7) is 5.20. The summed E-state index contributed by atoms with van der Waals surface area (Å²) in [7, 11) is 0. The summed E-state index contributed by atoms with van der Waals surface area (Å²) in [6, 6.07) is 5.57. The molecule has 1 N–H and O–H groups in total. The van der Waals surface area contributed by atoms with Gasteiger partial charge < -0.3 is 10.2 Å². The second-order valence-corrected chi connectivity index (χ2v) is 6.43. The highest BCUT2D eigenvalue weighted by Gasteiger charge is 2.13. The van der Waals surface area contributed by atoms with E-state index >= 15 is 0 Å². The summed E-state index contributed by atoms with van der Waals surface area (Å²) in [5.41, 5.74) is 3.02. The van der Waals surface area contributed by atoms with Crippen LogP contribution >= 0.6 is 0 Å². The first-order valence-corrected chi connectivity index (χ1v) is 9.34. The lowest BCUT2D eigenvalue weighted by molar-refractivity contribution is 0.108. The minimum atomic E-state index is -0.230. The van der Waals surface area contributed by atoms with Gasteiger partial charge in [-0.3, -0.25) is 9.78 Å². The van der Waals surface area contributed by atoms with Crippen LogP contribution in [0.4, 0.5) is 5.69 Å². The molecule has 0 fully saturated rings. The molecule has 0 bridgehead atoms. The average Bonchev–Trinajstić information content (AvgIpc) is 2.68. The maximum Gasteiger partial charge on any atom is 0.287 e. The first kappa shape index (κ1) is 18.8. The highest BCUT2D eigenvalue weighted by molar-refractivity contribution is 5.90. The fourth-order valence-corrected chi connectivity index (χ4v) is 2.91. The van der Waals surface area contributed by atoms with Crippen LogP contribution < -0.4 is 15.7 Å². The van der Waals surface area contributed by atoms with Crippen molar-refractivity contribution in [1.29, 1.82) is 0 Å². The molecule has 0 aromatic carbocycles. The normalized spacial score (nSPS) is 10.9. The van der Waals surface area contributed by atoms with Gasteiger partial charge in [0.15, 0.2) is 5.65 Å². The zero-order valence-corrected chi connectivity index (χ0v) is 15.8. The molecule has 0 aliphatic carbocycles. The van der Waals surface area contributed by atoms with Gasteiger partial charge in [-0.2, -0.15) is 0 Å². The Morgan fingerprint density at radius 2 is 2.15 bits per heavy atom. The minimum Gasteiger partial charge on any atom is -0.409 e. The molecule has 27 heavy (non-hydrogen) atoms. The molecule has 0 aliphatic rings. The molecule has 0 amide bonds. The average molecular weight is 367 g/mol. The van der Waals surface area contributed by atoms with Crippen molar-refractivity contribution in [3.8, 4) is 0 Å². The lowest BCUT2D eigenvalue weighted by Crippen LogP contribution is -2.29. The van der Waals surface area contributed by atoms with Crippen LogP contribution in [0.1, 0.15) is 37.4 Å². The molecule has 0 aliphatic heterocycles. The third-order valence-electron chi connectivity index (χ3n) is 4.35. The van der Waals surface area contributed by atoms with E-state index in [-0.39, 0.29) is 5.56 Å². The smallest absolute Gasteiger partial charge is 0.287 e. The molecule has 0 saturated carbocycles. The number of hydrogen-bond donors (Lipinski definition) is 1. The molecule has 7 heteroatoms. The summed E-state index contributed by atoms with van der Waals surface area (Å²) < 4.78 is 1.28. The lowest BCUT2D eigenvalue weighted by atomic mass is 10.1. The number of nitrogens with one attached hydrogen (secondary N) is 1. The Hall–Kier alpha value is -2.96. The Kier molecular flexibility index (Phi) is 6.35. The van der Waals surface area contributed by atoms with E-state index in [1.165, 1.54) is 16.6 Å². The van der Waals surface area contributed by atoms with E-state index in [4.69, 9.17) is 4.84 Å². The van der Waals surface area contributed by atoms with Crippen LogP contribution in [0.3, 0.4) is 0 Å². The fraction of sp³-hybridized carbons (Fsp3) is 0.400. The van der Waals surface area contributed by atoms with Gasteiger partial charge in [-0.15, -0.1) is 4.73 Å². The standard InChI is InChI=1S/C20H25N5O2/c1-3-4-11-27-25-18(26)12-17(19-15(2)23-14-24-20(19)25)22-10-6-8-16-7-5-9-21-13-16/h5,7,9,12-14,22H,3-4,6,8,10-11H2,1-2H3. The fourth-order valence-electron chi connectivity index (χ4n) is 2.91. The first-order chi connectivity index (χ1) is 13.2. The van der Waals surface area contributed by atoms with E-state index in [9.17, 15) is 4.79 Å². The van der Waals surface area contributed by atoms with Crippen molar-refractivity contribution in [3.63, 3.8) is 0 Å². The van der Waals surface area contributed by atoms with E-state index in [0.29, 0.717) is 12.3 Å². The third kappa shape index (κ3) is 4.61. The molecular formula is C20H25N5O2. The lowest BCUT2D eigenvalue weighted by Gasteiger charge is -2.15. The Labute approximate surface area is 158 Å². The SMILES string of the molecule is CCCCOn1c(=O)cc(NCCCc2cccnc2)c2c(C)ncnc21. The Balaban J connectivity index is 1.78. The predicted octanol–water partition coefficient (Wildman–Crippen LogP) is 2.77. The minimum absolute atomic E-state index is 0.230. The van der Waals surface area contributed by atoms with Gasteiger partial charge in [0, 0.05) is 25.0 Å². The van der Waals surface area contributed by atoms with Gasteiger partial charge in [0.1, 0.15) is 12.9 Å². The van der Waals surface area contributed by atoms with Crippen LogP contribution in [0.2, 0.25) is 0 Å². The van der Waals surface area contributed by atoms with Gasteiger partial charge >= 0.3 is 0 Å². The highest BCUT2D eigenvalue weighted by Crippen LogP contribution is 2.22. The molecule has 3 aromatic heterocycles. The van der Waals surface area contributed by atoms with Gasteiger partial charge in [0.05, 0.1) is 16.8 Å². The molecule has 7 nitrogen and oxygen atoms in total. The summed E-state index contributed by atoms with van der Waals surface area (Å²) in [4.78, 5) is 30.9. The number of nitrogens with zero attached hydrogens (tertiary/aromatic N) is 4. The Bertz CT molecular complexity index is 940. The zero-order chi connectivity index (χ0) is 19.1. The number of unbranched alkanes of at least 4 members (excludes halogenated alkanes) is 1. The number of pyridine rings is 2. The number of aryl methyl sites for hydroxylation is 2. The van der Waals surface area contributed by atoms with Crippen LogP contribution in [-0.4, -0.2) is 32.8 Å². The molecular weight excluding hydrogens is 342 g/mol. The molecule has 0 unspecified atom stereocenters. The van der Waals surface area contributed by atoms with Crippen molar-refractivity contribution < 1.29 is 4.84 Å². The molecule has 0 saturated heterocycles. The monoisotopic (exact) mass is 367 g/mol. The molecule has 0 radical (unpaired) electrons. The number of aromatic nitrogens is 4. The largest absolute Gasteiger partial charge is 0.409 e. The molecule has 3 heterocycles. The second kappa shape index (κ2) is 9.12. The van der Waals surface area contributed by atoms with Crippen molar-refractivity contribution in [3.05, 3.63) is 58.5 Å². The number of rotatable bonds is 9. The van der Waals surface area contributed by atoms with Gasteiger partial charge in [0.2, 0.25) is 0 Å². The van der Waals surface area contributed by atoms with E-state index in [1.807, 2.05) is 19.2 Å². The molecule has 142 valence electrons. The van der Waals surface area contributed by atoms with Crippen LogP contribution in [0.5, 0.6) is 0 Å². The van der Waals surface area contributed by atoms with Crippen LogP contribution in [0, 0.1) is 6.92 Å². The molecule has 0 spiro atoms. The number of hydrogen-bond acceptors (Lipinski definition) is 6. The highest BCUT2D eigenvalue weighted by atomic mass is 16.7. The summed E-state index contributed by atoms with van der Waals surface area (Å²) in [5.74, 6) is 0. The molecule has 3 aromatic rings. The maximum absolute atomic E-state index is 12.5. The van der Waals surface area contributed by atoms with Crippen molar-refractivity contribution >= 4 is 16.7 Å². The van der Waals surface area contributed by atoms with E-state index < -0.39 is 0 Å². The summed E-state index contributed by atoms with van der Waals surface area (Å²) in [6.07, 6.45) is 8.84. The quantitative estimate of drug-likeness (QED) is 0.586. The molecule has 3 rings (SSSR count). The third-order valence-corrected chi connectivity index (χ3v) is 4.35. The van der Waals surface area contributed by atoms with Crippen LogP contribution in [0.25, 0.3) is 11.0 Å². The van der Waals surface area contributed by atoms with Crippen LogP contribution in [-0.2, 0) is 6.42 Å². The summed E-state index contributed by atoms with van der Waals surface area (Å²) >= 11 is 0. The second-order valence-electron chi connectivity index (χ2n) is 6.43. The van der Waals surface area contributed by atoms with Crippen molar-refractivity contribution in [2.75, 3.05) is 18.5 Å². The van der Waals surface area contributed by atoms with E-state index in [0.717, 1.165) is 49.0 Å². The first-order valence-electron chi connectivity index (χ1n) is 9.34. The van der Waals surface area contributed by atoms with Gasteiger partial charge in [-0.1, -0.05) is 19.4 Å². The van der Waals surface area contributed by atoms with Crippen molar-refractivity contribution in [1.82, 2.24) is 19.7 Å². The number of fused-ring (bicyclic) bond motifs is 1. The van der Waals surface area contributed by atoms with E-state index in [2.05, 4.69) is 33.3 Å². The van der Waals surface area contributed by atoms with E-state index in [1.54, 1.807) is 12.3 Å². The Morgan fingerprint density at radius 3 is 2.93 bits per heavy atom. The van der Waals surface area contributed by atoms with Gasteiger partial charge in [-0.05, 0) is 37.8 Å². The Morgan fingerprint density at radius 1 is 1.26 bits per heavy atom. The van der Waals surface area contributed by atoms with Crippen molar-refractivity contribution in [2.24, 2.45) is 0 Å². The van der Waals surface area contributed by atoms with Gasteiger partial charge in [0.25, 0.3) is 5.56 Å². The summed E-state index contributed by atoms with van der Waals surface area (Å²) in [5, 5.41) is 4.18. The predicted molar refractivity (Wildman–Crippen MR) is 106 cm³/mol. The molecule has 0 atom stereocenters. The maximum atomic E-state index is 12.5. The number of anilines is 1.